The van der Waals surface area contributed by atoms with Gasteiger partial charge >= 0.3 is 5.97 Å². The maximum absolute atomic E-state index is 12.7. The zero-order chi connectivity index (χ0) is 21.6. The van der Waals surface area contributed by atoms with Crippen molar-refractivity contribution in [2.45, 2.75) is 26.4 Å². The Morgan fingerprint density at radius 2 is 1.62 bits per heavy atom. The van der Waals surface area contributed by atoms with Crippen molar-refractivity contribution in [3.8, 4) is 0 Å². The molecule has 0 saturated carbocycles. The van der Waals surface area contributed by atoms with Gasteiger partial charge in [0, 0.05) is 25.2 Å². The number of amides is 1. The summed E-state index contributed by atoms with van der Waals surface area (Å²) in [6.45, 7) is 4.86. The number of halogens is 1. The summed E-state index contributed by atoms with van der Waals surface area (Å²) in [5.41, 5.74) is 5.34. The van der Waals surface area contributed by atoms with Crippen molar-refractivity contribution in [3.63, 3.8) is 0 Å². The summed E-state index contributed by atoms with van der Waals surface area (Å²) < 4.78 is 5.07. The van der Waals surface area contributed by atoms with Gasteiger partial charge in [-0.3, -0.25) is 9.69 Å². The summed E-state index contributed by atoms with van der Waals surface area (Å²) in [5, 5.41) is 2.83. The monoisotopic (exact) mass is 450 g/mol. The number of anilines is 1. The smallest absolute Gasteiger partial charge is 0.340 e. The number of nitrogens with one attached hydrogen (secondary N) is 1. The number of para-hydroxylation sites is 1. The summed E-state index contributed by atoms with van der Waals surface area (Å²) in [4.78, 5) is 27.3. The lowest BCUT2D eigenvalue weighted by atomic mass is 9.99. The van der Waals surface area contributed by atoms with Crippen molar-refractivity contribution in [1.82, 2.24) is 4.90 Å². The van der Waals surface area contributed by atoms with Crippen LogP contribution in [0.2, 0.25) is 0 Å². The molecule has 3 aromatic carbocycles. The van der Waals surface area contributed by atoms with Crippen molar-refractivity contribution in [1.29, 1.82) is 0 Å². The van der Waals surface area contributed by atoms with Gasteiger partial charge in [-0.05, 0) is 54.3 Å². The number of esters is 1. The van der Waals surface area contributed by atoms with Gasteiger partial charge in [-0.15, -0.1) is 12.4 Å². The molecule has 1 N–H and O–H groups in total. The molecule has 1 aliphatic heterocycles. The van der Waals surface area contributed by atoms with E-state index in [-0.39, 0.29) is 24.9 Å². The van der Waals surface area contributed by atoms with Crippen LogP contribution in [-0.2, 0) is 24.2 Å². The molecule has 0 aromatic heterocycles. The van der Waals surface area contributed by atoms with Crippen LogP contribution >= 0.6 is 12.4 Å². The van der Waals surface area contributed by atoms with E-state index in [1.807, 2.05) is 24.3 Å². The second kappa shape index (κ2) is 10.9. The molecule has 0 atom stereocenters. The van der Waals surface area contributed by atoms with E-state index in [4.69, 9.17) is 4.74 Å². The van der Waals surface area contributed by atoms with Gasteiger partial charge in [0.15, 0.2) is 0 Å². The molecule has 0 radical (unpaired) electrons. The summed E-state index contributed by atoms with van der Waals surface area (Å²) in [6.07, 6.45) is 1.07. The van der Waals surface area contributed by atoms with Crippen LogP contribution in [0.1, 0.15) is 44.3 Å². The van der Waals surface area contributed by atoms with Crippen LogP contribution in [0.25, 0.3) is 0 Å². The van der Waals surface area contributed by atoms with Gasteiger partial charge in [-0.1, -0.05) is 48.5 Å². The highest BCUT2D eigenvalue weighted by molar-refractivity contribution is 6.08. The minimum atomic E-state index is -0.447. The highest BCUT2D eigenvalue weighted by Crippen LogP contribution is 2.21. The first kappa shape index (κ1) is 23.5. The standard InChI is InChI=1S/C26H26N2O3.ClH/c1-2-31-26(30)23-9-5-6-10-24(23)27-25(29)21-13-11-19(12-14-21)17-28-16-15-20-7-3-4-8-22(20)18-28;/h3-14H,2,15-18H2,1H3,(H,27,29);1H. The van der Waals surface area contributed by atoms with E-state index in [2.05, 4.69) is 34.5 Å². The first-order valence-corrected chi connectivity index (χ1v) is 10.6. The van der Waals surface area contributed by atoms with E-state index < -0.39 is 5.97 Å². The molecule has 6 heteroatoms. The van der Waals surface area contributed by atoms with Crippen molar-refractivity contribution in [3.05, 3.63) is 101 Å². The van der Waals surface area contributed by atoms with Gasteiger partial charge in [0.2, 0.25) is 0 Å². The fraction of sp³-hybridized carbons (Fsp3) is 0.231. The topological polar surface area (TPSA) is 58.6 Å². The normalized spacial score (nSPS) is 12.9. The Hall–Kier alpha value is -3.15. The Balaban J connectivity index is 0.00000289. The van der Waals surface area contributed by atoms with E-state index in [9.17, 15) is 9.59 Å². The number of fused-ring (bicyclic) bond motifs is 1. The predicted molar refractivity (Wildman–Crippen MR) is 128 cm³/mol. The van der Waals surface area contributed by atoms with Crippen molar-refractivity contribution < 1.29 is 14.3 Å². The molecule has 32 heavy (non-hydrogen) atoms. The Morgan fingerprint density at radius 1 is 0.938 bits per heavy atom. The number of carbonyl (C=O) groups excluding carboxylic acids is 2. The van der Waals surface area contributed by atoms with E-state index >= 15 is 0 Å². The van der Waals surface area contributed by atoms with Crippen LogP contribution in [0.5, 0.6) is 0 Å². The third kappa shape index (κ3) is 5.55. The summed E-state index contributed by atoms with van der Waals surface area (Å²) in [5.74, 6) is -0.702. The lowest BCUT2D eigenvalue weighted by Gasteiger charge is -2.28. The molecule has 0 saturated heterocycles. The molecule has 1 heterocycles. The molecule has 5 nitrogen and oxygen atoms in total. The molecule has 1 amide bonds. The van der Waals surface area contributed by atoms with Gasteiger partial charge in [0.25, 0.3) is 5.91 Å². The number of benzene rings is 3. The third-order valence-corrected chi connectivity index (χ3v) is 5.50. The molecule has 0 fully saturated rings. The summed E-state index contributed by atoms with van der Waals surface area (Å²) in [7, 11) is 0. The first-order chi connectivity index (χ1) is 15.1. The molecule has 3 aromatic rings. The van der Waals surface area contributed by atoms with Gasteiger partial charge in [0.05, 0.1) is 17.9 Å². The van der Waals surface area contributed by atoms with Crippen LogP contribution in [0.3, 0.4) is 0 Å². The molecular weight excluding hydrogens is 424 g/mol. The second-order valence-corrected chi connectivity index (χ2v) is 7.65. The SMILES string of the molecule is CCOC(=O)c1ccccc1NC(=O)c1ccc(CN2CCc3ccccc3C2)cc1.Cl. The maximum Gasteiger partial charge on any atom is 0.340 e. The molecule has 4 rings (SSSR count). The Bertz CT molecular complexity index is 1080. The lowest BCUT2D eigenvalue weighted by molar-refractivity contribution is 0.0527. The molecule has 166 valence electrons. The first-order valence-electron chi connectivity index (χ1n) is 10.6. The van der Waals surface area contributed by atoms with Crippen LogP contribution < -0.4 is 5.32 Å². The highest BCUT2D eigenvalue weighted by atomic mass is 35.5. The minimum absolute atomic E-state index is 0. The van der Waals surface area contributed by atoms with Gasteiger partial charge in [-0.25, -0.2) is 4.79 Å². The van der Waals surface area contributed by atoms with Crippen LogP contribution in [0, 0.1) is 0 Å². The van der Waals surface area contributed by atoms with Crippen LogP contribution in [0.4, 0.5) is 5.69 Å². The van der Waals surface area contributed by atoms with Crippen molar-refractivity contribution >= 4 is 30.0 Å². The minimum Gasteiger partial charge on any atom is -0.462 e. The maximum atomic E-state index is 12.7. The fourth-order valence-corrected chi connectivity index (χ4v) is 3.88. The Kier molecular flexibility index (Phi) is 8.03. The zero-order valence-corrected chi connectivity index (χ0v) is 18.9. The zero-order valence-electron chi connectivity index (χ0n) is 18.0. The van der Waals surface area contributed by atoms with Gasteiger partial charge in [0.1, 0.15) is 0 Å². The van der Waals surface area contributed by atoms with Crippen molar-refractivity contribution in [2.75, 3.05) is 18.5 Å². The quantitative estimate of drug-likeness (QED) is 0.531. The second-order valence-electron chi connectivity index (χ2n) is 7.65. The molecule has 0 aliphatic carbocycles. The largest absolute Gasteiger partial charge is 0.462 e. The van der Waals surface area contributed by atoms with Crippen LogP contribution in [0.15, 0.2) is 72.8 Å². The number of hydrogen-bond acceptors (Lipinski definition) is 4. The van der Waals surface area contributed by atoms with Gasteiger partial charge in [-0.2, -0.15) is 0 Å². The fourth-order valence-electron chi connectivity index (χ4n) is 3.88. The number of rotatable bonds is 6. The molecule has 0 bridgehead atoms. The highest BCUT2D eigenvalue weighted by Gasteiger charge is 2.17. The molecule has 0 unspecified atom stereocenters. The average Bonchev–Trinajstić information content (AvgIpc) is 2.80. The van der Waals surface area contributed by atoms with E-state index in [1.165, 1.54) is 16.7 Å². The van der Waals surface area contributed by atoms with Crippen LogP contribution in [-0.4, -0.2) is 29.9 Å². The number of hydrogen-bond donors (Lipinski definition) is 1. The average molecular weight is 451 g/mol. The Labute approximate surface area is 194 Å². The molecule has 0 spiro atoms. The van der Waals surface area contributed by atoms with E-state index in [1.54, 1.807) is 31.2 Å². The number of ether oxygens (including phenoxy) is 1. The summed E-state index contributed by atoms with van der Waals surface area (Å²) in [6, 6.07) is 23.1. The lowest BCUT2D eigenvalue weighted by Crippen LogP contribution is -2.29. The third-order valence-electron chi connectivity index (χ3n) is 5.50. The molecule has 1 aliphatic rings. The van der Waals surface area contributed by atoms with E-state index in [0.29, 0.717) is 16.8 Å². The summed E-state index contributed by atoms with van der Waals surface area (Å²) >= 11 is 0. The number of carbonyl (C=O) groups is 2. The van der Waals surface area contributed by atoms with E-state index in [0.717, 1.165) is 26.1 Å². The number of nitrogens with zero attached hydrogens (tertiary/aromatic N) is 1. The predicted octanol–water partition coefficient (Wildman–Crippen LogP) is 5.10. The van der Waals surface area contributed by atoms with Crippen molar-refractivity contribution in [2.24, 2.45) is 0 Å². The molecular formula is C26H27ClN2O3. The Morgan fingerprint density at radius 3 is 2.38 bits per heavy atom. The van der Waals surface area contributed by atoms with Gasteiger partial charge < -0.3 is 10.1 Å².